The van der Waals surface area contributed by atoms with Crippen LogP contribution in [-0.4, -0.2) is 43.8 Å². The lowest BCUT2D eigenvalue weighted by Crippen LogP contribution is -2.54. The molecule has 0 fully saturated rings. The van der Waals surface area contributed by atoms with Crippen LogP contribution in [0.3, 0.4) is 0 Å². The summed E-state index contributed by atoms with van der Waals surface area (Å²) in [5.41, 5.74) is -0.405. The number of nitrogens with one attached hydrogen (secondary N) is 1. The molecule has 0 heterocycles. The van der Waals surface area contributed by atoms with E-state index in [2.05, 4.69) is 5.32 Å². The van der Waals surface area contributed by atoms with Crippen molar-refractivity contribution in [3.63, 3.8) is 0 Å². The number of nitrogens with zero attached hydrogens (tertiary/aromatic N) is 2. The van der Waals surface area contributed by atoms with Gasteiger partial charge in [0, 0.05) is 24.0 Å². The van der Waals surface area contributed by atoms with Gasteiger partial charge in [0.25, 0.3) is 10.0 Å². The zero-order valence-electron chi connectivity index (χ0n) is 25.4. The van der Waals surface area contributed by atoms with E-state index >= 15 is 0 Å². The molecule has 13 heteroatoms. The van der Waals surface area contributed by atoms with E-state index in [1.165, 1.54) is 29.2 Å². The Hall–Kier alpha value is -4.06. The second-order valence-electron chi connectivity index (χ2n) is 11.0. The Morgan fingerprint density at radius 2 is 1.43 bits per heavy atom. The number of rotatable bonds is 12. The van der Waals surface area contributed by atoms with Crippen LogP contribution in [0.5, 0.6) is 0 Å². The van der Waals surface area contributed by atoms with Crippen molar-refractivity contribution >= 4 is 50.7 Å². The molecule has 0 unspecified atom stereocenters. The van der Waals surface area contributed by atoms with Gasteiger partial charge in [-0.05, 0) is 67.4 Å². The van der Waals surface area contributed by atoms with E-state index in [4.69, 9.17) is 23.2 Å². The molecule has 0 aliphatic rings. The van der Waals surface area contributed by atoms with Crippen molar-refractivity contribution in [1.82, 2.24) is 10.2 Å². The highest BCUT2D eigenvalue weighted by atomic mass is 35.5. The molecule has 4 aromatic rings. The summed E-state index contributed by atoms with van der Waals surface area (Å²) in [5, 5.41) is 2.94. The summed E-state index contributed by atoms with van der Waals surface area (Å²) in [6, 6.07) is 23.2. The van der Waals surface area contributed by atoms with Gasteiger partial charge in [-0.1, -0.05) is 83.9 Å². The minimum atomic E-state index is -4.83. The van der Waals surface area contributed by atoms with E-state index in [1.54, 1.807) is 74.5 Å². The molecule has 1 atom stereocenters. The molecule has 2 amide bonds. The van der Waals surface area contributed by atoms with Crippen molar-refractivity contribution < 1.29 is 31.2 Å². The summed E-state index contributed by atoms with van der Waals surface area (Å²) < 4.78 is 70.1. The first-order valence-corrected chi connectivity index (χ1v) is 16.7. The Balaban J connectivity index is 1.87. The molecule has 1 N–H and O–H groups in total. The number of sulfonamides is 1. The lowest BCUT2D eigenvalue weighted by Gasteiger charge is -2.34. The Morgan fingerprint density at radius 1 is 0.830 bits per heavy atom. The predicted molar refractivity (Wildman–Crippen MR) is 177 cm³/mol. The molecule has 0 saturated carbocycles. The summed E-state index contributed by atoms with van der Waals surface area (Å²) >= 11 is 12.4. The molecule has 248 valence electrons. The Bertz CT molecular complexity index is 1790. The number of halogens is 5. The quantitative estimate of drug-likeness (QED) is 0.167. The number of alkyl halides is 3. The average molecular weight is 707 g/mol. The van der Waals surface area contributed by atoms with Gasteiger partial charge in [0.1, 0.15) is 12.6 Å². The number of amides is 2. The van der Waals surface area contributed by atoms with Crippen LogP contribution in [0, 0.1) is 0 Å². The van der Waals surface area contributed by atoms with Crippen molar-refractivity contribution in [3.05, 3.63) is 130 Å². The molecule has 0 saturated heterocycles. The molecular weight excluding hydrogens is 674 g/mol. The highest BCUT2D eigenvalue weighted by Gasteiger charge is 2.37. The Labute approximate surface area is 282 Å². The number of carbonyl (C=O) groups excluding carboxylic acids is 2. The standard InChI is InChI=1S/C34H32Cl2F3N3O4S/c1-23(2)40-33(44)31(19-24-9-5-3-6-10-24)41(21-25-13-16-27(35)17-14-25)32(43)22-42(47(45,46)28-11-7-4-8-12-28)30-20-26(34(37,38)39)15-18-29(30)36/h3-18,20,23,31H,19,21-22H2,1-2H3,(H,40,44)/t31-/m1/s1. The third kappa shape index (κ3) is 9.27. The van der Waals surface area contributed by atoms with Crippen LogP contribution in [-0.2, 0) is 38.8 Å². The van der Waals surface area contributed by atoms with E-state index in [9.17, 15) is 31.2 Å². The van der Waals surface area contributed by atoms with Gasteiger partial charge in [-0.3, -0.25) is 13.9 Å². The van der Waals surface area contributed by atoms with Gasteiger partial charge in [-0.15, -0.1) is 0 Å². The van der Waals surface area contributed by atoms with Crippen molar-refractivity contribution in [1.29, 1.82) is 0 Å². The molecule has 4 aromatic carbocycles. The molecule has 7 nitrogen and oxygen atoms in total. The summed E-state index contributed by atoms with van der Waals surface area (Å²) in [7, 11) is -4.65. The van der Waals surface area contributed by atoms with Gasteiger partial charge >= 0.3 is 6.18 Å². The number of benzene rings is 4. The topological polar surface area (TPSA) is 86.8 Å². The van der Waals surface area contributed by atoms with Gasteiger partial charge in [-0.2, -0.15) is 13.2 Å². The van der Waals surface area contributed by atoms with Crippen LogP contribution in [0.25, 0.3) is 0 Å². The van der Waals surface area contributed by atoms with Crippen LogP contribution < -0.4 is 9.62 Å². The summed E-state index contributed by atoms with van der Waals surface area (Å²) in [4.78, 5) is 29.1. The number of hydrogen-bond acceptors (Lipinski definition) is 4. The molecule has 0 aliphatic heterocycles. The van der Waals surface area contributed by atoms with Crippen LogP contribution in [0.4, 0.5) is 18.9 Å². The molecule has 0 aromatic heterocycles. The second kappa shape index (κ2) is 15.2. The molecule has 0 aliphatic carbocycles. The van der Waals surface area contributed by atoms with Gasteiger partial charge in [-0.25, -0.2) is 8.42 Å². The van der Waals surface area contributed by atoms with Crippen LogP contribution in [0.15, 0.2) is 108 Å². The molecule has 0 bridgehead atoms. The van der Waals surface area contributed by atoms with Crippen LogP contribution in [0.2, 0.25) is 10.0 Å². The third-order valence-electron chi connectivity index (χ3n) is 7.12. The molecule has 4 rings (SSSR count). The van der Waals surface area contributed by atoms with Crippen LogP contribution >= 0.6 is 23.2 Å². The second-order valence-corrected chi connectivity index (χ2v) is 13.7. The molecule has 0 spiro atoms. The summed E-state index contributed by atoms with van der Waals surface area (Å²) in [5.74, 6) is -1.35. The highest BCUT2D eigenvalue weighted by molar-refractivity contribution is 7.92. The van der Waals surface area contributed by atoms with E-state index in [0.717, 1.165) is 17.7 Å². The number of carbonyl (C=O) groups is 2. The van der Waals surface area contributed by atoms with Crippen LogP contribution in [0.1, 0.15) is 30.5 Å². The molecule has 47 heavy (non-hydrogen) atoms. The normalized spacial score (nSPS) is 12.4. The first kappa shape index (κ1) is 35.8. The lowest BCUT2D eigenvalue weighted by atomic mass is 10.0. The Kier molecular flexibility index (Phi) is 11.6. The molecule has 0 radical (unpaired) electrons. The van der Waals surface area contributed by atoms with E-state index in [1.807, 2.05) is 0 Å². The monoisotopic (exact) mass is 705 g/mol. The maximum Gasteiger partial charge on any atom is 0.416 e. The van der Waals surface area contributed by atoms with Gasteiger partial charge < -0.3 is 10.2 Å². The minimum absolute atomic E-state index is 0.0640. The summed E-state index contributed by atoms with van der Waals surface area (Å²) in [6.45, 7) is 2.40. The van der Waals surface area contributed by atoms with Gasteiger partial charge in [0.05, 0.1) is 21.2 Å². The van der Waals surface area contributed by atoms with Gasteiger partial charge in [0.15, 0.2) is 0 Å². The fourth-order valence-electron chi connectivity index (χ4n) is 4.83. The van der Waals surface area contributed by atoms with E-state index in [0.29, 0.717) is 21.0 Å². The largest absolute Gasteiger partial charge is 0.416 e. The third-order valence-corrected chi connectivity index (χ3v) is 9.47. The maximum atomic E-state index is 14.4. The van der Waals surface area contributed by atoms with Gasteiger partial charge in [0.2, 0.25) is 11.8 Å². The zero-order valence-corrected chi connectivity index (χ0v) is 27.7. The maximum absolute atomic E-state index is 14.4. The van der Waals surface area contributed by atoms with E-state index in [-0.39, 0.29) is 28.9 Å². The zero-order chi connectivity index (χ0) is 34.4. The number of hydrogen-bond donors (Lipinski definition) is 1. The molecular formula is C34H32Cl2F3N3O4S. The summed E-state index contributed by atoms with van der Waals surface area (Å²) in [6.07, 6.45) is -4.77. The SMILES string of the molecule is CC(C)NC(=O)[C@@H](Cc1ccccc1)N(Cc1ccc(Cl)cc1)C(=O)CN(c1cc(C(F)(F)F)ccc1Cl)S(=O)(=O)c1ccccc1. The first-order chi connectivity index (χ1) is 22.2. The number of anilines is 1. The minimum Gasteiger partial charge on any atom is -0.352 e. The lowest BCUT2D eigenvalue weighted by molar-refractivity contribution is -0.140. The van der Waals surface area contributed by atoms with Crippen molar-refractivity contribution in [2.24, 2.45) is 0 Å². The highest BCUT2D eigenvalue weighted by Crippen LogP contribution is 2.37. The van der Waals surface area contributed by atoms with Crippen molar-refractivity contribution in [2.45, 2.75) is 50.0 Å². The van der Waals surface area contributed by atoms with Crippen molar-refractivity contribution in [2.75, 3.05) is 10.8 Å². The van der Waals surface area contributed by atoms with Crippen molar-refractivity contribution in [3.8, 4) is 0 Å². The fourth-order valence-corrected chi connectivity index (χ4v) is 6.68. The Morgan fingerprint density at radius 3 is 2.00 bits per heavy atom. The predicted octanol–water partition coefficient (Wildman–Crippen LogP) is 7.37. The fraction of sp³-hybridized carbons (Fsp3) is 0.235. The average Bonchev–Trinajstić information content (AvgIpc) is 3.02. The smallest absolute Gasteiger partial charge is 0.352 e. The van der Waals surface area contributed by atoms with E-state index < -0.39 is 51.9 Å². The first-order valence-electron chi connectivity index (χ1n) is 14.5.